The average Bonchev–Trinajstić information content (AvgIpc) is 2.53. The predicted molar refractivity (Wildman–Crippen MR) is 90.4 cm³/mol. The summed E-state index contributed by atoms with van der Waals surface area (Å²) in [6.07, 6.45) is -4.79. The zero-order valence-electron chi connectivity index (χ0n) is 13.5. The Hall–Kier alpha value is -3.29. The molecule has 0 fully saturated rings. The van der Waals surface area contributed by atoms with E-state index in [4.69, 9.17) is 0 Å². The summed E-state index contributed by atoms with van der Waals surface area (Å²) in [5.41, 5.74) is 1.74. The number of alkyl halides is 3. The lowest BCUT2D eigenvalue weighted by Gasteiger charge is -2.10. The first-order valence-corrected chi connectivity index (χ1v) is 7.52. The zero-order valence-corrected chi connectivity index (χ0v) is 13.5. The number of pyridine rings is 1. The van der Waals surface area contributed by atoms with Gasteiger partial charge in [0.15, 0.2) is 0 Å². The van der Waals surface area contributed by atoms with Gasteiger partial charge in [-0.25, -0.2) is 0 Å². The van der Waals surface area contributed by atoms with Crippen molar-refractivity contribution in [2.24, 2.45) is 0 Å². The van der Waals surface area contributed by atoms with Crippen LogP contribution in [-0.2, 0) is 0 Å². The topological polar surface area (TPSA) is 71.2 Å². The molecule has 0 spiro atoms. The maximum atomic E-state index is 12.2. The molecular formula is C18H13F3N2O3. The standard InChI is InChI=1S/C18H13F3N2O3/c1-10-8-16(24)23-15-9-12(4-7-14(10)15)22-17(25)11-2-5-13(6-3-11)26-18(19,20)21/h2-9H,1H3,(H,22,25)(H,23,24). The van der Waals surface area contributed by atoms with Gasteiger partial charge in [-0.2, -0.15) is 0 Å². The fourth-order valence-electron chi connectivity index (χ4n) is 2.52. The zero-order chi connectivity index (χ0) is 18.9. The van der Waals surface area contributed by atoms with Crippen molar-refractivity contribution in [3.63, 3.8) is 0 Å². The highest BCUT2D eigenvalue weighted by Gasteiger charge is 2.31. The van der Waals surface area contributed by atoms with E-state index in [1.54, 1.807) is 25.1 Å². The fourth-order valence-corrected chi connectivity index (χ4v) is 2.52. The summed E-state index contributed by atoms with van der Waals surface area (Å²) in [7, 11) is 0. The van der Waals surface area contributed by atoms with Crippen molar-refractivity contribution < 1.29 is 22.7 Å². The molecule has 0 aliphatic rings. The molecule has 0 saturated heterocycles. The molecule has 0 atom stereocenters. The van der Waals surface area contributed by atoms with Crippen LogP contribution in [0.5, 0.6) is 5.75 Å². The molecule has 3 rings (SSSR count). The van der Waals surface area contributed by atoms with Crippen LogP contribution in [0, 0.1) is 6.92 Å². The molecule has 0 aliphatic carbocycles. The van der Waals surface area contributed by atoms with E-state index in [0.717, 1.165) is 23.1 Å². The van der Waals surface area contributed by atoms with Crippen molar-refractivity contribution in [2.45, 2.75) is 13.3 Å². The number of carbonyl (C=O) groups excluding carboxylic acids is 1. The highest BCUT2D eigenvalue weighted by atomic mass is 19.4. The number of fused-ring (bicyclic) bond motifs is 1. The van der Waals surface area contributed by atoms with Crippen LogP contribution in [0.3, 0.4) is 0 Å². The quantitative estimate of drug-likeness (QED) is 0.740. The van der Waals surface area contributed by atoms with E-state index in [-0.39, 0.29) is 11.1 Å². The number of aromatic nitrogens is 1. The summed E-state index contributed by atoms with van der Waals surface area (Å²) in [6, 6.07) is 11.1. The fraction of sp³-hybridized carbons (Fsp3) is 0.111. The number of ether oxygens (including phenoxy) is 1. The minimum atomic E-state index is -4.79. The summed E-state index contributed by atoms with van der Waals surface area (Å²) < 4.78 is 40.2. The van der Waals surface area contributed by atoms with Crippen molar-refractivity contribution in [1.29, 1.82) is 0 Å². The van der Waals surface area contributed by atoms with Crippen LogP contribution in [0.4, 0.5) is 18.9 Å². The van der Waals surface area contributed by atoms with Gasteiger partial charge >= 0.3 is 6.36 Å². The molecule has 1 amide bonds. The van der Waals surface area contributed by atoms with Crippen molar-refractivity contribution in [3.8, 4) is 5.75 Å². The molecule has 0 aliphatic heterocycles. The maximum Gasteiger partial charge on any atom is 0.573 e. The van der Waals surface area contributed by atoms with E-state index in [2.05, 4.69) is 15.0 Å². The SMILES string of the molecule is Cc1cc(=O)[nH]c2cc(NC(=O)c3ccc(OC(F)(F)F)cc3)ccc12. The van der Waals surface area contributed by atoms with E-state index in [9.17, 15) is 22.8 Å². The molecule has 1 heterocycles. The molecule has 5 nitrogen and oxygen atoms in total. The molecule has 1 aromatic heterocycles. The minimum Gasteiger partial charge on any atom is -0.406 e. The van der Waals surface area contributed by atoms with Crippen LogP contribution in [-0.4, -0.2) is 17.3 Å². The Morgan fingerprint density at radius 3 is 2.42 bits per heavy atom. The smallest absolute Gasteiger partial charge is 0.406 e. The summed E-state index contributed by atoms with van der Waals surface area (Å²) in [5, 5.41) is 3.48. The minimum absolute atomic E-state index is 0.164. The first kappa shape index (κ1) is 17.5. The molecule has 0 radical (unpaired) electrons. The monoisotopic (exact) mass is 362 g/mol. The van der Waals surface area contributed by atoms with Crippen molar-refractivity contribution >= 4 is 22.5 Å². The van der Waals surface area contributed by atoms with Gasteiger partial charge in [-0.05, 0) is 48.9 Å². The number of carbonyl (C=O) groups is 1. The molecule has 0 bridgehead atoms. The van der Waals surface area contributed by atoms with Crippen molar-refractivity contribution in [1.82, 2.24) is 4.98 Å². The predicted octanol–water partition coefficient (Wildman–Crippen LogP) is 3.99. The number of anilines is 1. The van der Waals surface area contributed by atoms with Gasteiger partial charge in [-0.3, -0.25) is 9.59 Å². The van der Waals surface area contributed by atoms with Crippen LogP contribution < -0.4 is 15.6 Å². The number of hydrogen-bond acceptors (Lipinski definition) is 3. The lowest BCUT2D eigenvalue weighted by Crippen LogP contribution is -2.17. The number of benzene rings is 2. The van der Waals surface area contributed by atoms with E-state index >= 15 is 0 Å². The third-order valence-corrected chi connectivity index (χ3v) is 3.66. The van der Waals surface area contributed by atoms with Gasteiger partial charge in [0, 0.05) is 22.7 Å². The van der Waals surface area contributed by atoms with Crippen LogP contribution in [0.15, 0.2) is 53.3 Å². The van der Waals surface area contributed by atoms with Gasteiger partial charge < -0.3 is 15.0 Å². The molecule has 0 unspecified atom stereocenters. The van der Waals surface area contributed by atoms with E-state index in [1.165, 1.54) is 18.2 Å². The molecule has 2 N–H and O–H groups in total. The normalized spacial score (nSPS) is 11.4. The van der Waals surface area contributed by atoms with E-state index < -0.39 is 18.0 Å². The highest BCUT2D eigenvalue weighted by Crippen LogP contribution is 2.23. The van der Waals surface area contributed by atoms with Crippen LogP contribution in [0.1, 0.15) is 15.9 Å². The lowest BCUT2D eigenvalue weighted by atomic mass is 10.1. The van der Waals surface area contributed by atoms with Gasteiger partial charge in [0.2, 0.25) is 5.56 Å². The molecule has 0 saturated carbocycles. The van der Waals surface area contributed by atoms with Gasteiger partial charge in [-0.1, -0.05) is 6.07 Å². The van der Waals surface area contributed by atoms with Crippen molar-refractivity contribution in [2.75, 3.05) is 5.32 Å². The Kier molecular flexibility index (Phi) is 4.41. The van der Waals surface area contributed by atoms with Crippen LogP contribution in [0.25, 0.3) is 10.9 Å². The third-order valence-electron chi connectivity index (χ3n) is 3.66. The summed E-state index contributed by atoms with van der Waals surface area (Å²) in [4.78, 5) is 26.5. The molecule has 26 heavy (non-hydrogen) atoms. The third kappa shape index (κ3) is 4.02. The maximum absolute atomic E-state index is 12.2. The number of aromatic amines is 1. The largest absolute Gasteiger partial charge is 0.573 e. The van der Waals surface area contributed by atoms with Crippen LogP contribution >= 0.6 is 0 Å². The molecular weight excluding hydrogens is 349 g/mol. The molecule has 8 heteroatoms. The van der Waals surface area contributed by atoms with Gasteiger partial charge in [0.25, 0.3) is 5.91 Å². The first-order chi connectivity index (χ1) is 12.2. The number of halogens is 3. The summed E-state index contributed by atoms with van der Waals surface area (Å²) in [5.74, 6) is -0.911. The summed E-state index contributed by atoms with van der Waals surface area (Å²) >= 11 is 0. The molecule has 2 aromatic carbocycles. The van der Waals surface area contributed by atoms with Gasteiger partial charge in [0.05, 0.1) is 5.52 Å². The number of H-pyrrole nitrogens is 1. The van der Waals surface area contributed by atoms with Gasteiger partial charge in [-0.15, -0.1) is 13.2 Å². The highest BCUT2D eigenvalue weighted by molar-refractivity contribution is 6.05. The van der Waals surface area contributed by atoms with Crippen molar-refractivity contribution in [3.05, 3.63) is 70.0 Å². The van der Waals surface area contributed by atoms with Crippen LogP contribution in [0.2, 0.25) is 0 Å². The second kappa shape index (κ2) is 6.55. The number of aryl methyl sites for hydroxylation is 1. The second-order valence-electron chi connectivity index (χ2n) is 5.60. The number of nitrogens with one attached hydrogen (secondary N) is 2. The Morgan fingerprint density at radius 1 is 1.08 bits per heavy atom. The Bertz CT molecular complexity index is 1020. The number of amides is 1. The average molecular weight is 362 g/mol. The Labute approximate surface area is 145 Å². The Balaban J connectivity index is 1.79. The molecule has 3 aromatic rings. The van der Waals surface area contributed by atoms with E-state index in [0.29, 0.717) is 11.2 Å². The van der Waals surface area contributed by atoms with E-state index in [1.807, 2.05) is 0 Å². The van der Waals surface area contributed by atoms with Gasteiger partial charge in [0.1, 0.15) is 5.75 Å². The number of hydrogen-bond donors (Lipinski definition) is 2. The molecule has 134 valence electrons. The number of rotatable bonds is 3. The summed E-state index contributed by atoms with van der Waals surface area (Å²) in [6.45, 7) is 1.81. The lowest BCUT2D eigenvalue weighted by molar-refractivity contribution is -0.274. The second-order valence-corrected chi connectivity index (χ2v) is 5.60. The first-order valence-electron chi connectivity index (χ1n) is 7.52. The Morgan fingerprint density at radius 2 is 1.77 bits per heavy atom.